The highest BCUT2D eigenvalue weighted by Crippen LogP contribution is 2.16. The molecule has 0 aliphatic heterocycles. The zero-order chi connectivity index (χ0) is 13.8. The summed E-state index contributed by atoms with van der Waals surface area (Å²) in [5, 5.41) is 12.3. The predicted molar refractivity (Wildman–Crippen MR) is 77.2 cm³/mol. The fourth-order valence-corrected chi connectivity index (χ4v) is 2.08. The van der Waals surface area contributed by atoms with Crippen LogP contribution in [0.3, 0.4) is 0 Å². The molecule has 19 heavy (non-hydrogen) atoms. The zero-order valence-electron chi connectivity index (χ0n) is 12.2. The summed E-state index contributed by atoms with van der Waals surface area (Å²) in [7, 11) is 0. The van der Waals surface area contributed by atoms with Crippen LogP contribution >= 0.6 is 0 Å². The van der Waals surface area contributed by atoms with Crippen LogP contribution in [-0.4, -0.2) is 19.6 Å². The maximum atomic E-state index is 4.50. The van der Waals surface area contributed by atoms with E-state index >= 15 is 0 Å². The summed E-state index contributed by atoms with van der Waals surface area (Å²) in [5.41, 5.74) is 2.37. The molecule has 0 fully saturated rings. The topological polar surface area (TPSA) is 47.7 Å². The third-order valence-electron chi connectivity index (χ3n) is 3.47. The van der Waals surface area contributed by atoms with E-state index in [-0.39, 0.29) is 0 Å². The Kier molecular flexibility index (Phi) is 4.24. The van der Waals surface area contributed by atoms with E-state index in [4.69, 9.17) is 0 Å². The van der Waals surface area contributed by atoms with Crippen molar-refractivity contribution < 1.29 is 0 Å². The molecule has 0 aliphatic carbocycles. The third-order valence-corrected chi connectivity index (χ3v) is 3.47. The van der Waals surface area contributed by atoms with Crippen molar-refractivity contribution in [2.24, 2.45) is 0 Å². The van der Waals surface area contributed by atoms with Gasteiger partial charge in [-0.05, 0) is 33.3 Å². The summed E-state index contributed by atoms with van der Waals surface area (Å²) in [4.78, 5) is 0. The second-order valence-corrected chi connectivity index (χ2v) is 4.89. The minimum Gasteiger partial charge on any atom is -0.363 e. The first kappa shape index (κ1) is 13.6. The van der Waals surface area contributed by atoms with Gasteiger partial charge in [-0.3, -0.25) is 9.36 Å². The summed E-state index contributed by atoms with van der Waals surface area (Å²) < 4.78 is 4.03. The SMILES string of the molecule is CCC(C)n1nccc1CNc1nn(CC)cc1C. The van der Waals surface area contributed by atoms with Crippen molar-refractivity contribution in [2.45, 2.75) is 53.2 Å². The lowest BCUT2D eigenvalue weighted by Crippen LogP contribution is -2.13. The van der Waals surface area contributed by atoms with E-state index in [0.717, 1.165) is 25.3 Å². The second kappa shape index (κ2) is 5.91. The molecule has 5 heteroatoms. The number of aromatic nitrogens is 4. The summed E-state index contributed by atoms with van der Waals surface area (Å²) in [5.74, 6) is 0.957. The largest absolute Gasteiger partial charge is 0.363 e. The van der Waals surface area contributed by atoms with Gasteiger partial charge in [0.2, 0.25) is 0 Å². The minimum atomic E-state index is 0.432. The van der Waals surface area contributed by atoms with Crippen LogP contribution in [0.5, 0.6) is 0 Å². The molecule has 0 amide bonds. The molecule has 0 aromatic carbocycles. The molecule has 0 bridgehead atoms. The van der Waals surface area contributed by atoms with Crippen LogP contribution < -0.4 is 5.32 Å². The van der Waals surface area contributed by atoms with Gasteiger partial charge in [-0.1, -0.05) is 6.92 Å². The summed E-state index contributed by atoms with van der Waals surface area (Å²) in [6.45, 7) is 10.2. The van der Waals surface area contributed by atoms with E-state index in [9.17, 15) is 0 Å². The Morgan fingerprint density at radius 3 is 2.79 bits per heavy atom. The summed E-state index contributed by atoms with van der Waals surface area (Å²) in [6, 6.07) is 2.49. The Labute approximate surface area is 114 Å². The van der Waals surface area contributed by atoms with E-state index in [1.54, 1.807) is 0 Å². The van der Waals surface area contributed by atoms with Gasteiger partial charge in [0.15, 0.2) is 5.82 Å². The maximum Gasteiger partial charge on any atom is 0.151 e. The summed E-state index contributed by atoms with van der Waals surface area (Å²) in [6.07, 6.45) is 5.01. The van der Waals surface area contributed by atoms with Crippen LogP contribution in [0.2, 0.25) is 0 Å². The fourth-order valence-electron chi connectivity index (χ4n) is 2.08. The van der Waals surface area contributed by atoms with Crippen LogP contribution in [0.15, 0.2) is 18.5 Å². The number of rotatable bonds is 6. The van der Waals surface area contributed by atoms with Gasteiger partial charge in [0.05, 0.1) is 12.2 Å². The molecule has 0 saturated heterocycles. The lowest BCUT2D eigenvalue weighted by atomic mass is 10.2. The molecule has 1 unspecified atom stereocenters. The third kappa shape index (κ3) is 2.97. The normalized spacial score (nSPS) is 12.6. The Bertz CT molecular complexity index is 526. The van der Waals surface area contributed by atoms with E-state index in [0.29, 0.717) is 6.04 Å². The second-order valence-electron chi connectivity index (χ2n) is 4.89. The fraction of sp³-hybridized carbons (Fsp3) is 0.571. The van der Waals surface area contributed by atoms with Gasteiger partial charge >= 0.3 is 0 Å². The first-order valence-electron chi connectivity index (χ1n) is 6.96. The number of hydrogen-bond donors (Lipinski definition) is 1. The molecule has 2 rings (SSSR count). The molecular formula is C14H23N5. The van der Waals surface area contributed by atoms with Crippen LogP contribution in [0.25, 0.3) is 0 Å². The number of hydrogen-bond acceptors (Lipinski definition) is 3. The molecule has 2 heterocycles. The number of nitrogens with one attached hydrogen (secondary N) is 1. The van der Waals surface area contributed by atoms with E-state index in [2.05, 4.69) is 60.2 Å². The van der Waals surface area contributed by atoms with Crippen molar-refractivity contribution in [3.8, 4) is 0 Å². The van der Waals surface area contributed by atoms with Crippen molar-refractivity contribution in [1.29, 1.82) is 0 Å². The molecule has 1 atom stereocenters. The van der Waals surface area contributed by atoms with Crippen molar-refractivity contribution in [3.63, 3.8) is 0 Å². The highest BCUT2D eigenvalue weighted by Gasteiger charge is 2.09. The van der Waals surface area contributed by atoms with E-state index in [1.165, 1.54) is 11.3 Å². The highest BCUT2D eigenvalue weighted by molar-refractivity contribution is 5.42. The quantitative estimate of drug-likeness (QED) is 0.869. The van der Waals surface area contributed by atoms with E-state index in [1.807, 2.05) is 10.9 Å². The minimum absolute atomic E-state index is 0.432. The molecule has 104 valence electrons. The van der Waals surface area contributed by atoms with Gasteiger partial charge in [0, 0.05) is 30.5 Å². The van der Waals surface area contributed by atoms with Gasteiger partial charge < -0.3 is 5.32 Å². The van der Waals surface area contributed by atoms with Crippen LogP contribution in [0, 0.1) is 6.92 Å². The number of anilines is 1. The van der Waals surface area contributed by atoms with Crippen LogP contribution in [-0.2, 0) is 13.1 Å². The highest BCUT2D eigenvalue weighted by atomic mass is 15.3. The predicted octanol–water partition coefficient (Wildman–Crippen LogP) is 2.99. The van der Waals surface area contributed by atoms with Crippen molar-refractivity contribution in [3.05, 3.63) is 29.7 Å². The number of nitrogens with zero attached hydrogens (tertiary/aromatic N) is 4. The monoisotopic (exact) mass is 261 g/mol. The summed E-state index contributed by atoms with van der Waals surface area (Å²) >= 11 is 0. The number of aryl methyl sites for hydroxylation is 2. The van der Waals surface area contributed by atoms with Gasteiger partial charge in [0.1, 0.15) is 0 Å². The first-order valence-corrected chi connectivity index (χ1v) is 6.96. The van der Waals surface area contributed by atoms with Gasteiger partial charge in [-0.2, -0.15) is 10.2 Å². The van der Waals surface area contributed by atoms with Crippen molar-refractivity contribution >= 4 is 5.82 Å². The molecule has 5 nitrogen and oxygen atoms in total. The maximum absolute atomic E-state index is 4.50. The standard InChI is InChI=1S/C14H23N5/c1-5-12(4)19-13(7-8-16-19)9-15-14-11(3)10-18(6-2)17-14/h7-8,10,12H,5-6,9H2,1-4H3,(H,15,17). The Morgan fingerprint density at radius 2 is 2.16 bits per heavy atom. The molecule has 2 aromatic heterocycles. The van der Waals surface area contributed by atoms with Gasteiger partial charge in [-0.15, -0.1) is 0 Å². The average Bonchev–Trinajstić information content (AvgIpc) is 3.01. The van der Waals surface area contributed by atoms with E-state index < -0.39 is 0 Å². The molecule has 0 aliphatic rings. The molecule has 0 spiro atoms. The lowest BCUT2D eigenvalue weighted by molar-refractivity contribution is 0.462. The van der Waals surface area contributed by atoms with Gasteiger partial charge in [-0.25, -0.2) is 0 Å². The van der Waals surface area contributed by atoms with Crippen LogP contribution in [0.1, 0.15) is 44.5 Å². The molecule has 0 saturated carbocycles. The molecule has 1 N–H and O–H groups in total. The molecule has 0 radical (unpaired) electrons. The Balaban J connectivity index is 2.06. The first-order chi connectivity index (χ1) is 9.15. The van der Waals surface area contributed by atoms with Crippen LogP contribution in [0.4, 0.5) is 5.82 Å². The smallest absolute Gasteiger partial charge is 0.151 e. The average molecular weight is 261 g/mol. The Hall–Kier alpha value is -1.78. The van der Waals surface area contributed by atoms with Gasteiger partial charge in [0.25, 0.3) is 0 Å². The molecular weight excluding hydrogens is 238 g/mol. The van der Waals surface area contributed by atoms with Crippen molar-refractivity contribution in [2.75, 3.05) is 5.32 Å². The molecule has 2 aromatic rings. The lowest BCUT2D eigenvalue weighted by Gasteiger charge is -2.14. The van der Waals surface area contributed by atoms with Crippen molar-refractivity contribution in [1.82, 2.24) is 19.6 Å². The Morgan fingerprint density at radius 1 is 1.37 bits per heavy atom. The zero-order valence-corrected chi connectivity index (χ0v) is 12.2.